The number of rotatable bonds is 2. The normalized spacial score (nSPS) is 26.0. The number of ketones is 2. The van der Waals surface area contributed by atoms with Crippen molar-refractivity contribution < 1.29 is 14.3 Å². The molecule has 110 valence electrons. The van der Waals surface area contributed by atoms with Crippen molar-refractivity contribution in [1.29, 1.82) is 0 Å². The Morgan fingerprint density at radius 2 is 1.50 bits per heavy atom. The van der Waals surface area contributed by atoms with Gasteiger partial charge in [-0.05, 0) is 30.0 Å². The average molecular weight is 292 g/mol. The van der Waals surface area contributed by atoms with Crippen molar-refractivity contribution in [3.8, 4) is 5.75 Å². The van der Waals surface area contributed by atoms with E-state index in [1.165, 1.54) is 0 Å². The molecule has 3 heteroatoms. The summed E-state index contributed by atoms with van der Waals surface area (Å²) in [6.07, 6.45) is 0.760. The minimum atomic E-state index is -0.198. The lowest BCUT2D eigenvalue weighted by Crippen LogP contribution is -2.48. The molecule has 2 aromatic carbocycles. The van der Waals surface area contributed by atoms with Gasteiger partial charge in [-0.2, -0.15) is 0 Å². The summed E-state index contributed by atoms with van der Waals surface area (Å²) in [5.41, 5.74) is 2.30. The van der Waals surface area contributed by atoms with Crippen LogP contribution in [0.15, 0.2) is 48.5 Å². The smallest absolute Gasteiger partial charge is 0.168 e. The van der Waals surface area contributed by atoms with Crippen molar-refractivity contribution in [3.05, 3.63) is 65.2 Å². The number of Topliss-reactive ketones (excluding diaryl/α,β-unsaturated/α-hetero) is 2. The van der Waals surface area contributed by atoms with Crippen LogP contribution in [0.5, 0.6) is 5.75 Å². The van der Waals surface area contributed by atoms with E-state index in [4.69, 9.17) is 4.74 Å². The molecule has 2 aromatic rings. The third-order valence-corrected chi connectivity index (χ3v) is 5.02. The molecule has 0 N–H and O–H groups in total. The maximum atomic E-state index is 12.8. The molecule has 1 saturated carbocycles. The lowest BCUT2D eigenvalue weighted by Gasteiger charge is -2.46. The maximum absolute atomic E-state index is 12.8. The maximum Gasteiger partial charge on any atom is 0.168 e. The SMILES string of the molecule is COc1ccc([C@@H]2C[C@H]3C(=O)c4ccccc4C(=O)[C@H]32)cc1. The summed E-state index contributed by atoms with van der Waals surface area (Å²) in [7, 11) is 1.63. The second-order valence-corrected chi connectivity index (χ2v) is 6.02. The van der Waals surface area contributed by atoms with Gasteiger partial charge in [0.15, 0.2) is 11.6 Å². The molecule has 1 fully saturated rings. The zero-order chi connectivity index (χ0) is 15.3. The van der Waals surface area contributed by atoms with Gasteiger partial charge in [0.1, 0.15) is 5.75 Å². The number of fused-ring (bicyclic) bond motifs is 2. The Morgan fingerprint density at radius 3 is 2.14 bits per heavy atom. The van der Waals surface area contributed by atoms with Crippen LogP contribution in [0.3, 0.4) is 0 Å². The molecule has 22 heavy (non-hydrogen) atoms. The highest BCUT2D eigenvalue weighted by molar-refractivity contribution is 6.17. The zero-order valence-corrected chi connectivity index (χ0v) is 12.3. The highest BCUT2D eigenvalue weighted by atomic mass is 16.5. The summed E-state index contributed by atoms with van der Waals surface area (Å²) in [5.74, 6) is 0.847. The molecule has 0 amide bonds. The van der Waals surface area contributed by atoms with Gasteiger partial charge in [-0.25, -0.2) is 0 Å². The third-order valence-electron chi connectivity index (χ3n) is 5.02. The van der Waals surface area contributed by atoms with Gasteiger partial charge in [0.05, 0.1) is 7.11 Å². The molecule has 0 radical (unpaired) electrons. The minimum absolute atomic E-state index is 0.118. The van der Waals surface area contributed by atoms with Crippen LogP contribution in [-0.2, 0) is 0 Å². The number of hydrogen-bond donors (Lipinski definition) is 0. The second-order valence-electron chi connectivity index (χ2n) is 6.02. The van der Waals surface area contributed by atoms with Gasteiger partial charge in [-0.3, -0.25) is 9.59 Å². The van der Waals surface area contributed by atoms with Crippen molar-refractivity contribution in [2.24, 2.45) is 11.8 Å². The molecule has 0 unspecified atom stereocenters. The van der Waals surface area contributed by atoms with Crippen molar-refractivity contribution in [3.63, 3.8) is 0 Å². The first kappa shape index (κ1) is 13.3. The van der Waals surface area contributed by atoms with E-state index < -0.39 is 0 Å². The van der Waals surface area contributed by atoms with Crippen LogP contribution < -0.4 is 4.74 Å². The van der Waals surface area contributed by atoms with Gasteiger partial charge in [0, 0.05) is 23.0 Å². The predicted molar refractivity (Wildman–Crippen MR) is 82.4 cm³/mol. The number of carbonyl (C=O) groups excluding carboxylic acids is 2. The van der Waals surface area contributed by atoms with Crippen LogP contribution >= 0.6 is 0 Å². The number of hydrogen-bond acceptors (Lipinski definition) is 3. The molecule has 0 saturated heterocycles. The first-order valence-electron chi connectivity index (χ1n) is 7.52. The molecule has 0 bridgehead atoms. The quantitative estimate of drug-likeness (QED) is 0.851. The van der Waals surface area contributed by atoms with E-state index >= 15 is 0 Å². The molecule has 0 aliphatic heterocycles. The number of ether oxygens (including phenoxy) is 1. The molecule has 3 atom stereocenters. The van der Waals surface area contributed by atoms with Gasteiger partial charge in [-0.15, -0.1) is 0 Å². The van der Waals surface area contributed by atoms with Crippen molar-refractivity contribution in [1.82, 2.24) is 0 Å². The highest BCUT2D eigenvalue weighted by Crippen LogP contribution is 2.52. The van der Waals surface area contributed by atoms with E-state index in [1.807, 2.05) is 36.4 Å². The number of benzene rings is 2. The van der Waals surface area contributed by atoms with E-state index in [9.17, 15) is 9.59 Å². The fourth-order valence-electron chi connectivity index (χ4n) is 3.77. The molecule has 0 aromatic heterocycles. The monoisotopic (exact) mass is 292 g/mol. The number of carbonyl (C=O) groups is 2. The molecule has 2 aliphatic carbocycles. The molecule has 2 aliphatic rings. The Kier molecular flexibility index (Phi) is 2.89. The van der Waals surface area contributed by atoms with Crippen molar-refractivity contribution in [2.75, 3.05) is 7.11 Å². The Hall–Kier alpha value is -2.42. The summed E-state index contributed by atoms with van der Waals surface area (Å²) in [6, 6.07) is 15.0. The molecular weight excluding hydrogens is 276 g/mol. The zero-order valence-electron chi connectivity index (χ0n) is 12.3. The topological polar surface area (TPSA) is 43.4 Å². The molecular formula is C19H16O3. The Balaban J connectivity index is 1.69. The van der Waals surface area contributed by atoms with Crippen LogP contribution in [0.2, 0.25) is 0 Å². The minimum Gasteiger partial charge on any atom is -0.497 e. The van der Waals surface area contributed by atoms with Crippen LogP contribution in [0.25, 0.3) is 0 Å². The Morgan fingerprint density at radius 1 is 0.864 bits per heavy atom. The fraction of sp³-hybridized carbons (Fsp3) is 0.263. The van der Waals surface area contributed by atoms with Crippen LogP contribution in [0.4, 0.5) is 0 Å². The van der Waals surface area contributed by atoms with Gasteiger partial charge in [0.25, 0.3) is 0 Å². The standard InChI is InChI=1S/C19H16O3/c1-22-12-8-6-11(7-9-12)15-10-16-17(15)19(21)14-5-3-2-4-13(14)18(16)20/h2-9,15-17H,10H2,1H3/t15-,16+,17-/m0/s1. The third kappa shape index (κ3) is 1.75. The number of methoxy groups -OCH3 is 1. The van der Waals surface area contributed by atoms with E-state index in [1.54, 1.807) is 19.2 Å². The second kappa shape index (κ2) is 4.80. The summed E-state index contributed by atoms with van der Waals surface area (Å²) >= 11 is 0. The van der Waals surface area contributed by atoms with Gasteiger partial charge in [-0.1, -0.05) is 36.4 Å². The molecule has 0 spiro atoms. The van der Waals surface area contributed by atoms with Crippen molar-refractivity contribution >= 4 is 11.6 Å². The largest absolute Gasteiger partial charge is 0.497 e. The first-order chi connectivity index (χ1) is 10.7. The van der Waals surface area contributed by atoms with E-state index in [0.29, 0.717) is 11.1 Å². The van der Waals surface area contributed by atoms with Gasteiger partial charge >= 0.3 is 0 Å². The van der Waals surface area contributed by atoms with E-state index in [0.717, 1.165) is 17.7 Å². The lowest BCUT2D eigenvalue weighted by molar-refractivity contribution is 0.0514. The van der Waals surface area contributed by atoms with Gasteiger partial charge < -0.3 is 4.74 Å². The Bertz CT molecular complexity index is 761. The summed E-state index contributed by atoms with van der Waals surface area (Å²) in [5, 5.41) is 0. The van der Waals surface area contributed by atoms with Crippen LogP contribution in [0, 0.1) is 11.8 Å². The van der Waals surface area contributed by atoms with Gasteiger partial charge in [0.2, 0.25) is 0 Å². The summed E-state index contributed by atoms with van der Waals surface area (Å²) in [6.45, 7) is 0. The van der Waals surface area contributed by atoms with E-state index in [2.05, 4.69) is 0 Å². The first-order valence-corrected chi connectivity index (χ1v) is 7.52. The molecule has 0 heterocycles. The molecule has 4 rings (SSSR count). The fourth-order valence-corrected chi connectivity index (χ4v) is 3.77. The van der Waals surface area contributed by atoms with Crippen LogP contribution in [-0.4, -0.2) is 18.7 Å². The van der Waals surface area contributed by atoms with Crippen LogP contribution in [0.1, 0.15) is 38.6 Å². The predicted octanol–water partition coefficient (Wildman–Crippen LogP) is 3.49. The van der Waals surface area contributed by atoms with Crippen molar-refractivity contribution in [2.45, 2.75) is 12.3 Å². The highest BCUT2D eigenvalue weighted by Gasteiger charge is 2.53. The lowest BCUT2D eigenvalue weighted by atomic mass is 9.55. The summed E-state index contributed by atoms with van der Waals surface area (Å²) < 4.78 is 5.17. The Labute approximate surface area is 128 Å². The average Bonchev–Trinajstić information content (AvgIpc) is 2.53. The summed E-state index contributed by atoms with van der Waals surface area (Å²) in [4.78, 5) is 25.3. The van der Waals surface area contributed by atoms with E-state index in [-0.39, 0.29) is 29.3 Å². The molecule has 3 nitrogen and oxygen atoms in total.